The minimum absolute atomic E-state index is 0.291. The van der Waals surface area contributed by atoms with E-state index in [4.69, 9.17) is 16.3 Å². The minimum Gasteiger partial charge on any atom is -0.495 e. The summed E-state index contributed by atoms with van der Waals surface area (Å²) in [5.74, 6) is -0.997. The number of hydrogen-bond acceptors (Lipinski definition) is 5. The van der Waals surface area contributed by atoms with Gasteiger partial charge in [0.15, 0.2) is 5.41 Å². The summed E-state index contributed by atoms with van der Waals surface area (Å²) in [5.41, 5.74) is -1.20. The van der Waals surface area contributed by atoms with E-state index < -0.39 is 17.4 Å². The molecule has 0 spiro atoms. The molecule has 1 aromatic carbocycles. The minimum atomic E-state index is -1.57. The molecule has 0 N–H and O–H groups in total. The first-order chi connectivity index (χ1) is 8.91. The number of halogens is 1. The van der Waals surface area contributed by atoms with E-state index in [9.17, 15) is 9.59 Å². The van der Waals surface area contributed by atoms with Gasteiger partial charge in [0.2, 0.25) is 0 Å². The molecule has 0 saturated carbocycles. The highest BCUT2D eigenvalue weighted by Gasteiger charge is 2.45. The fraction of sp³-hybridized carbons (Fsp3) is 0.385. The standard InChI is InChI=1S/C13H15ClO5/c1-13(11(15)18-3,12(16)19-4)8-5-6-10(17-2)9(14)7-8/h5-7H,1-4H3. The van der Waals surface area contributed by atoms with Gasteiger partial charge in [-0.1, -0.05) is 17.7 Å². The smallest absolute Gasteiger partial charge is 0.327 e. The van der Waals surface area contributed by atoms with Crippen molar-refractivity contribution in [2.45, 2.75) is 12.3 Å². The zero-order valence-corrected chi connectivity index (χ0v) is 11.9. The van der Waals surface area contributed by atoms with Crippen molar-refractivity contribution in [1.29, 1.82) is 0 Å². The van der Waals surface area contributed by atoms with Crippen LogP contribution in [-0.4, -0.2) is 33.3 Å². The third-order valence-electron chi connectivity index (χ3n) is 2.92. The van der Waals surface area contributed by atoms with Crippen LogP contribution in [0.5, 0.6) is 5.75 Å². The maximum Gasteiger partial charge on any atom is 0.327 e. The molecular formula is C13H15ClO5. The Morgan fingerprint density at radius 1 is 1.11 bits per heavy atom. The summed E-state index contributed by atoms with van der Waals surface area (Å²) in [6.45, 7) is 1.42. The van der Waals surface area contributed by atoms with Crippen molar-refractivity contribution in [2.24, 2.45) is 0 Å². The lowest BCUT2D eigenvalue weighted by atomic mass is 9.82. The SMILES string of the molecule is COC(=O)C(C)(C(=O)OC)c1ccc(OC)c(Cl)c1. The maximum absolute atomic E-state index is 11.9. The molecule has 0 aromatic heterocycles. The fourth-order valence-electron chi connectivity index (χ4n) is 1.70. The molecule has 0 aliphatic carbocycles. The molecule has 1 rings (SSSR count). The third kappa shape index (κ3) is 2.66. The second kappa shape index (κ2) is 5.93. The third-order valence-corrected chi connectivity index (χ3v) is 3.21. The summed E-state index contributed by atoms with van der Waals surface area (Å²) >= 11 is 6.00. The summed E-state index contributed by atoms with van der Waals surface area (Å²) in [6, 6.07) is 4.62. The van der Waals surface area contributed by atoms with Gasteiger partial charge in [0.1, 0.15) is 5.75 Å². The van der Waals surface area contributed by atoms with Crippen LogP contribution in [0.4, 0.5) is 0 Å². The van der Waals surface area contributed by atoms with Gasteiger partial charge in [0, 0.05) is 0 Å². The maximum atomic E-state index is 11.9. The van der Waals surface area contributed by atoms with Gasteiger partial charge < -0.3 is 14.2 Å². The van der Waals surface area contributed by atoms with Crippen molar-refractivity contribution in [3.63, 3.8) is 0 Å². The molecule has 0 saturated heterocycles. The monoisotopic (exact) mass is 286 g/mol. The van der Waals surface area contributed by atoms with Gasteiger partial charge in [-0.2, -0.15) is 0 Å². The topological polar surface area (TPSA) is 61.8 Å². The lowest BCUT2D eigenvalue weighted by Gasteiger charge is -2.24. The normalized spacial score (nSPS) is 10.8. The highest BCUT2D eigenvalue weighted by molar-refractivity contribution is 6.32. The van der Waals surface area contributed by atoms with Crippen LogP contribution in [0.25, 0.3) is 0 Å². The number of methoxy groups -OCH3 is 3. The Morgan fingerprint density at radius 2 is 1.63 bits per heavy atom. The number of benzene rings is 1. The van der Waals surface area contributed by atoms with E-state index >= 15 is 0 Å². The first-order valence-electron chi connectivity index (χ1n) is 5.42. The molecule has 1 aromatic rings. The molecule has 5 nitrogen and oxygen atoms in total. The summed E-state index contributed by atoms with van der Waals surface area (Å²) in [6.07, 6.45) is 0. The van der Waals surface area contributed by atoms with Gasteiger partial charge in [-0.15, -0.1) is 0 Å². The van der Waals surface area contributed by atoms with Crippen molar-refractivity contribution in [3.05, 3.63) is 28.8 Å². The average molecular weight is 287 g/mol. The van der Waals surface area contributed by atoms with Crippen molar-refractivity contribution in [3.8, 4) is 5.75 Å². The lowest BCUT2D eigenvalue weighted by Crippen LogP contribution is -2.42. The predicted octanol–water partition coefficient (Wildman–Crippen LogP) is 1.95. The molecule has 0 radical (unpaired) electrons. The number of ether oxygens (including phenoxy) is 3. The summed E-state index contributed by atoms with van der Waals surface area (Å²) < 4.78 is 14.4. The first-order valence-corrected chi connectivity index (χ1v) is 5.80. The number of hydrogen-bond donors (Lipinski definition) is 0. The first kappa shape index (κ1) is 15.3. The highest BCUT2D eigenvalue weighted by Crippen LogP contribution is 2.33. The van der Waals surface area contributed by atoms with Crippen molar-refractivity contribution in [1.82, 2.24) is 0 Å². The van der Waals surface area contributed by atoms with E-state index in [2.05, 4.69) is 9.47 Å². The fourth-order valence-corrected chi connectivity index (χ4v) is 1.96. The molecule has 6 heteroatoms. The molecule has 0 heterocycles. The molecule has 19 heavy (non-hydrogen) atoms. The zero-order valence-electron chi connectivity index (χ0n) is 11.2. The van der Waals surface area contributed by atoms with Crippen molar-refractivity contribution < 1.29 is 23.8 Å². The Morgan fingerprint density at radius 3 is 2.00 bits per heavy atom. The average Bonchev–Trinajstić information content (AvgIpc) is 2.44. The highest BCUT2D eigenvalue weighted by atomic mass is 35.5. The molecule has 0 atom stereocenters. The van der Waals surface area contributed by atoms with Crippen LogP contribution in [0.2, 0.25) is 5.02 Å². The van der Waals surface area contributed by atoms with Crippen LogP contribution in [0.15, 0.2) is 18.2 Å². The second-order valence-corrected chi connectivity index (χ2v) is 4.36. The van der Waals surface area contributed by atoms with Gasteiger partial charge in [-0.3, -0.25) is 9.59 Å². The molecular weight excluding hydrogens is 272 g/mol. The molecule has 0 bridgehead atoms. The summed E-state index contributed by atoms with van der Waals surface area (Å²) in [7, 11) is 3.88. The Hall–Kier alpha value is -1.75. The predicted molar refractivity (Wildman–Crippen MR) is 69.4 cm³/mol. The Kier molecular flexibility index (Phi) is 4.78. The molecule has 104 valence electrons. The Labute approximate surface area is 116 Å². The number of carbonyl (C=O) groups excluding carboxylic acids is 2. The van der Waals surface area contributed by atoms with Crippen LogP contribution in [0.3, 0.4) is 0 Å². The van der Waals surface area contributed by atoms with E-state index in [1.165, 1.54) is 34.3 Å². The molecule has 0 unspecified atom stereocenters. The van der Waals surface area contributed by atoms with Crippen molar-refractivity contribution >= 4 is 23.5 Å². The molecule has 0 fully saturated rings. The summed E-state index contributed by atoms with van der Waals surface area (Å²) in [4.78, 5) is 23.8. The van der Waals surface area contributed by atoms with E-state index in [0.29, 0.717) is 16.3 Å². The zero-order chi connectivity index (χ0) is 14.6. The molecule has 0 aliphatic heterocycles. The number of carbonyl (C=O) groups is 2. The van der Waals surface area contributed by atoms with E-state index in [1.807, 2.05) is 0 Å². The number of esters is 2. The Bertz CT molecular complexity index is 482. The van der Waals surface area contributed by atoms with Gasteiger partial charge in [-0.25, -0.2) is 0 Å². The van der Waals surface area contributed by atoms with Gasteiger partial charge in [0.25, 0.3) is 0 Å². The second-order valence-electron chi connectivity index (χ2n) is 3.96. The van der Waals surface area contributed by atoms with E-state index in [-0.39, 0.29) is 0 Å². The quantitative estimate of drug-likeness (QED) is 0.625. The van der Waals surface area contributed by atoms with E-state index in [0.717, 1.165) is 0 Å². The number of rotatable bonds is 4. The van der Waals surface area contributed by atoms with Gasteiger partial charge in [0.05, 0.1) is 26.4 Å². The summed E-state index contributed by atoms with van der Waals surface area (Å²) in [5, 5.41) is 0.291. The van der Waals surface area contributed by atoms with Crippen molar-refractivity contribution in [2.75, 3.05) is 21.3 Å². The molecule has 0 amide bonds. The van der Waals surface area contributed by atoms with Gasteiger partial charge in [-0.05, 0) is 24.6 Å². The molecule has 0 aliphatic rings. The van der Waals surface area contributed by atoms with Crippen LogP contribution in [-0.2, 0) is 24.5 Å². The van der Waals surface area contributed by atoms with E-state index in [1.54, 1.807) is 12.1 Å². The van der Waals surface area contributed by atoms with Crippen LogP contribution in [0, 0.1) is 0 Å². The van der Waals surface area contributed by atoms with Crippen LogP contribution >= 0.6 is 11.6 Å². The van der Waals surface area contributed by atoms with Crippen LogP contribution in [0.1, 0.15) is 12.5 Å². The largest absolute Gasteiger partial charge is 0.495 e. The lowest BCUT2D eigenvalue weighted by molar-refractivity contribution is -0.160. The van der Waals surface area contributed by atoms with Crippen LogP contribution < -0.4 is 4.74 Å². The Balaban J connectivity index is 3.38. The van der Waals surface area contributed by atoms with Gasteiger partial charge >= 0.3 is 11.9 Å².